The van der Waals surface area contributed by atoms with Crippen molar-refractivity contribution < 1.29 is 9.53 Å². The van der Waals surface area contributed by atoms with Crippen LogP contribution in [-0.4, -0.2) is 19.1 Å². The molecule has 3 rings (SSSR count). The van der Waals surface area contributed by atoms with Crippen molar-refractivity contribution in [1.29, 1.82) is 0 Å². The van der Waals surface area contributed by atoms with Crippen molar-refractivity contribution in [2.75, 3.05) is 13.1 Å². The quantitative estimate of drug-likeness (QED) is 0.632. The van der Waals surface area contributed by atoms with E-state index in [1.54, 1.807) is 0 Å². The summed E-state index contributed by atoms with van der Waals surface area (Å²) in [5.41, 5.74) is 4.76. The molecule has 0 saturated carbocycles. The Labute approximate surface area is 182 Å². The van der Waals surface area contributed by atoms with Gasteiger partial charge in [0, 0.05) is 12.8 Å². The summed E-state index contributed by atoms with van der Waals surface area (Å²) in [4.78, 5) is 13.5. The minimum absolute atomic E-state index is 0.0494. The van der Waals surface area contributed by atoms with E-state index in [0.717, 1.165) is 31.5 Å². The first kappa shape index (κ1) is 22.6. The van der Waals surface area contributed by atoms with E-state index in [9.17, 15) is 4.79 Å². The molecule has 0 radical (unpaired) electrons. The maximum atomic E-state index is 13.5. The Morgan fingerprint density at radius 1 is 0.900 bits per heavy atom. The van der Waals surface area contributed by atoms with Crippen molar-refractivity contribution >= 4 is 5.97 Å². The van der Waals surface area contributed by atoms with E-state index in [0.29, 0.717) is 5.56 Å². The molecular formula is C27H37NO2. The molecule has 30 heavy (non-hydrogen) atoms. The summed E-state index contributed by atoms with van der Waals surface area (Å²) >= 11 is 0. The Morgan fingerprint density at radius 3 is 1.87 bits per heavy atom. The molecule has 1 aliphatic heterocycles. The largest absolute Gasteiger partial charge is 0.450 e. The second kappa shape index (κ2) is 8.19. The van der Waals surface area contributed by atoms with Crippen molar-refractivity contribution in [2.45, 2.75) is 77.7 Å². The molecule has 1 fully saturated rings. The lowest BCUT2D eigenvalue weighted by Gasteiger charge is -2.38. The van der Waals surface area contributed by atoms with E-state index in [1.807, 2.05) is 30.3 Å². The molecule has 2 aromatic rings. The Kier molecular flexibility index (Phi) is 6.15. The van der Waals surface area contributed by atoms with Gasteiger partial charge in [-0.3, -0.25) is 0 Å². The van der Waals surface area contributed by atoms with Gasteiger partial charge < -0.3 is 10.1 Å². The Balaban J connectivity index is 2.05. The van der Waals surface area contributed by atoms with Crippen molar-refractivity contribution in [3.05, 3.63) is 70.3 Å². The van der Waals surface area contributed by atoms with Crippen LogP contribution >= 0.6 is 0 Å². The maximum Gasteiger partial charge on any atom is 0.339 e. The average molecular weight is 408 g/mol. The molecule has 0 spiro atoms. The molecule has 0 atom stereocenters. The van der Waals surface area contributed by atoms with Crippen LogP contribution in [0.3, 0.4) is 0 Å². The van der Waals surface area contributed by atoms with Crippen LogP contribution in [-0.2, 0) is 21.2 Å². The topological polar surface area (TPSA) is 38.3 Å². The highest BCUT2D eigenvalue weighted by atomic mass is 16.6. The number of hydrogen-bond donors (Lipinski definition) is 1. The molecule has 0 amide bonds. The first-order valence-corrected chi connectivity index (χ1v) is 11.1. The number of nitrogens with one attached hydrogen (secondary N) is 1. The van der Waals surface area contributed by atoms with Crippen LogP contribution in [0.25, 0.3) is 0 Å². The van der Waals surface area contributed by atoms with Gasteiger partial charge in [-0.1, -0.05) is 71.9 Å². The number of ether oxygens (including phenoxy) is 1. The lowest BCUT2D eigenvalue weighted by Crippen LogP contribution is -2.43. The SMILES string of the molecule is Cc1c(C(C)(C)C)cc(C(=O)OC2(c3ccccc3)CCNCC2)cc1C(C)(C)C. The van der Waals surface area contributed by atoms with Crippen LogP contribution in [0, 0.1) is 6.92 Å². The Morgan fingerprint density at radius 2 is 1.40 bits per heavy atom. The fraction of sp³-hybridized carbons (Fsp3) is 0.519. The number of rotatable bonds is 3. The van der Waals surface area contributed by atoms with Gasteiger partial charge in [0.15, 0.2) is 0 Å². The number of carbonyl (C=O) groups is 1. The monoisotopic (exact) mass is 407 g/mol. The van der Waals surface area contributed by atoms with E-state index < -0.39 is 5.60 Å². The summed E-state index contributed by atoms with van der Waals surface area (Å²) in [6.45, 7) is 17.1. The molecule has 1 heterocycles. The van der Waals surface area contributed by atoms with Crippen LogP contribution in [0.4, 0.5) is 0 Å². The van der Waals surface area contributed by atoms with Gasteiger partial charge in [0.2, 0.25) is 0 Å². The molecule has 1 saturated heterocycles. The summed E-state index contributed by atoms with van der Waals surface area (Å²) in [5, 5.41) is 3.40. The molecule has 1 N–H and O–H groups in total. The Bertz CT molecular complexity index is 860. The molecule has 162 valence electrons. The Hall–Kier alpha value is -2.13. The zero-order chi connectivity index (χ0) is 22.2. The van der Waals surface area contributed by atoms with E-state index in [-0.39, 0.29) is 16.8 Å². The van der Waals surface area contributed by atoms with E-state index in [2.05, 4.69) is 65.9 Å². The summed E-state index contributed by atoms with van der Waals surface area (Å²) in [5.74, 6) is -0.225. The summed E-state index contributed by atoms with van der Waals surface area (Å²) in [6, 6.07) is 14.3. The predicted octanol–water partition coefficient (Wildman–Crippen LogP) is 6.03. The number of hydrogen-bond acceptors (Lipinski definition) is 3. The third-order valence-electron chi connectivity index (χ3n) is 6.26. The fourth-order valence-corrected chi connectivity index (χ4v) is 4.65. The van der Waals surface area contributed by atoms with Gasteiger partial charge in [-0.15, -0.1) is 0 Å². The number of carbonyl (C=O) groups excluding carboxylic acids is 1. The minimum atomic E-state index is -0.571. The average Bonchev–Trinajstić information content (AvgIpc) is 2.67. The normalized spacial score (nSPS) is 16.9. The van der Waals surface area contributed by atoms with Gasteiger partial charge in [-0.05, 0) is 65.2 Å². The second-order valence-electron chi connectivity index (χ2n) is 10.7. The smallest absolute Gasteiger partial charge is 0.339 e. The van der Waals surface area contributed by atoms with Gasteiger partial charge >= 0.3 is 5.97 Å². The minimum Gasteiger partial charge on any atom is -0.450 e. The molecule has 3 heteroatoms. The number of benzene rings is 2. The van der Waals surface area contributed by atoms with Crippen LogP contribution in [0.2, 0.25) is 0 Å². The molecular weight excluding hydrogens is 370 g/mol. The zero-order valence-electron chi connectivity index (χ0n) is 19.7. The molecule has 0 aromatic heterocycles. The van der Waals surface area contributed by atoms with Crippen LogP contribution in [0.5, 0.6) is 0 Å². The number of esters is 1. The third-order valence-corrected chi connectivity index (χ3v) is 6.26. The van der Waals surface area contributed by atoms with E-state index in [4.69, 9.17) is 4.74 Å². The summed E-state index contributed by atoms with van der Waals surface area (Å²) in [7, 11) is 0. The van der Waals surface area contributed by atoms with Crippen LogP contribution in [0.15, 0.2) is 42.5 Å². The molecule has 2 aromatic carbocycles. The van der Waals surface area contributed by atoms with Gasteiger partial charge in [-0.25, -0.2) is 4.79 Å². The first-order valence-electron chi connectivity index (χ1n) is 11.1. The zero-order valence-corrected chi connectivity index (χ0v) is 19.7. The van der Waals surface area contributed by atoms with Crippen LogP contribution < -0.4 is 5.32 Å². The standard InChI is InChI=1S/C27H37NO2/c1-19-22(25(2,3)4)17-20(18-23(19)26(5,6)7)24(29)30-27(13-15-28-16-14-27)21-11-9-8-10-12-21/h8-12,17-18,28H,13-16H2,1-7H3. The molecule has 3 nitrogen and oxygen atoms in total. The molecule has 0 bridgehead atoms. The fourth-order valence-electron chi connectivity index (χ4n) is 4.65. The summed E-state index contributed by atoms with van der Waals surface area (Å²) in [6.07, 6.45) is 1.57. The third kappa shape index (κ3) is 4.62. The highest BCUT2D eigenvalue weighted by molar-refractivity contribution is 5.90. The van der Waals surface area contributed by atoms with Crippen LogP contribution in [0.1, 0.15) is 87.0 Å². The van der Waals surface area contributed by atoms with E-state index in [1.165, 1.54) is 16.7 Å². The van der Waals surface area contributed by atoms with Crippen molar-refractivity contribution in [3.8, 4) is 0 Å². The first-order chi connectivity index (χ1) is 13.9. The van der Waals surface area contributed by atoms with Gasteiger partial charge in [0.05, 0.1) is 5.56 Å². The van der Waals surface area contributed by atoms with Gasteiger partial charge in [-0.2, -0.15) is 0 Å². The molecule has 0 aliphatic carbocycles. The highest BCUT2D eigenvalue weighted by Gasteiger charge is 2.38. The predicted molar refractivity (Wildman–Crippen MR) is 124 cm³/mol. The van der Waals surface area contributed by atoms with Gasteiger partial charge in [0.1, 0.15) is 5.60 Å². The lowest BCUT2D eigenvalue weighted by molar-refractivity contribution is -0.0378. The molecule has 0 unspecified atom stereocenters. The highest BCUT2D eigenvalue weighted by Crippen LogP contribution is 2.38. The van der Waals surface area contributed by atoms with Crippen molar-refractivity contribution in [1.82, 2.24) is 5.32 Å². The lowest BCUT2D eigenvalue weighted by atomic mass is 9.75. The van der Waals surface area contributed by atoms with Gasteiger partial charge in [0.25, 0.3) is 0 Å². The summed E-state index contributed by atoms with van der Waals surface area (Å²) < 4.78 is 6.35. The van der Waals surface area contributed by atoms with E-state index >= 15 is 0 Å². The molecule has 1 aliphatic rings. The second-order valence-corrected chi connectivity index (χ2v) is 10.7. The van der Waals surface area contributed by atoms with Crippen molar-refractivity contribution in [3.63, 3.8) is 0 Å². The maximum absolute atomic E-state index is 13.5. The number of piperidine rings is 1. The van der Waals surface area contributed by atoms with Crippen molar-refractivity contribution in [2.24, 2.45) is 0 Å².